The number of fused-ring (bicyclic) bond motifs is 1. The minimum atomic E-state index is 0.488. The molecule has 0 fully saturated rings. The van der Waals surface area contributed by atoms with E-state index in [1.54, 1.807) is 0 Å². The summed E-state index contributed by atoms with van der Waals surface area (Å²) in [6.45, 7) is 2.08. The summed E-state index contributed by atoms with van der Waals surface area (Å²) in [5, 5.41) is 4.67. The van der Waals surface area contributed by atoms with Gasteiger partial charge in [0.2, 0.25) is 0 Å². The van der Waals surface area contributed by atoms with Crippen LogP contribution in [-0.2, 0) is 6.42 Å². The maximum atomic E-state index is 5.65. The first-order valence-electron chi connectivity index (χ1n) is 3.95. The number of hydrogen-bond acceptors (Lipinski definition) is 3. The monoisotopic (exact) mass is 162 g/mol. The van der Waals surface area contributed by atoms with Crippen LogP contribution in [0.25, 0.3) is 11.0 Å². The van der Waals surface area contributed by atoms with Gasteiger partial charge in [0.05, 0.1) is 5.39 Å². The Morgan fingerprint density at radius 2 is 2.33 bits per heavy atom. The third-order valence-electron chi connectivity index (χ3n) is 1.99. The average molecular weight is 162 g/mol. The summed E-state index contributed by atoms with van der Waals surface area (Å²) in [7, 11) is 0. The molecule has 0 saturated heterocycles. The van der Waals surface area contributed by atoms with Gasteiger partial charge >= 0.3 is 0 Å². The molecule has 1 heterocycles. The van der Waals surface area contributed by atoms with Gasteiger partial charge in [0.25, 0.3) is 0 Å². The van der Waals surface area contributed by atoms with E-state index in [2.05, 4.69) is 12.1 Å². The highest BCUT2D eigenvalue weighted by molar-refractivity contribution is 5.90. The van der Waals surface area contributed by atoms with Crippen LogP contribution >= 0.6 is 0 Å². The Hall–Kier alpha value is -1.51. The standard InChI is InChI=1S/C9H10N2O/c1-2-6-4-3-5-7-8(6)9(10)11-12-7/h3-5H,2H2,1H3,(H2,10,11). The van der Waals surface area contributed by atoms with Crippen LogP contribution in [0, 0.1) is 0 Å². The normalized spacial score (nSPS) is 10.8. The van der Waals surface area contributed by atoms with Crippen molar-refractivity contribution < 1.29 is 4.52 Å². The zero-order valence-corrected chi connectivity index (χ0v) is 6.87. The number of nitrogens with two attached hydrogens (primary N) is 1. The predicted octanol–water partition coefficient (Wildman–Crippen LogP) is 1.97. The van der Waals surface area contributed by atoms with Gasteiger partial charge in [0, 0.05) is 0 Å². The Kier molecular flexibility index (Phi) is 1.50. The Labute approximate surface area is 70.1 Å². The van der Waals surface area contributed by atoms with Crippen LogP contribution in [-0.4, -0.2) is 5.16 Å². The largest absolute Gasteiger partial charge is 0.380 e. The third-order valence-corrected chi connectivity index (χ3v) is 1.99. The molecular weight excluding hydrogens is 152 g/mol. The number of hydrogen-bond donors (Lipinski definition) is 1. The van der Waals surface area contributed by atoms with Crippen molar-refractivity contribution in [1.29, 1.82) is 0 Å². The van der Waals surface area contributed by atoms with Crippen LogP contribution in [0.1, 0.15) is 12.5 Å². The molecule has 2 rings (SSSR count). The summed E-state index contributed by atoms with van der Waals surface area (Å²) in [5.74, 6) is 0.488. The molecule has 12 heavy (non-hydrogen) atoms. The third kappa shape index (κ3) is 0.863. The molecule has 1 aromatic heterocycles. The molecule has 0 radical (unpaired) electrons. The second-order valence-corrected chi connectivity index (χ2v) is 2.71. The van der Waals surface area contributed by atoms with Gasteiger partial charge in [0.1, 0.15) is 0 Å². The number of aryl methyl sites for hydroxylation is 1. The second kappa shape index (κ2) is 2.52. The molecule has 0 amide bonds. The van der Waals surface area contributed by atoms with Crippen molar-refractivity contribution in [2.75, 3.05) is 5.73 Å². The lowest BCUT2D eigenvalue weighted by molar-refractivity contribution is 0.460. The maximum Gasteiger partial charge on any atom is 0.175 e. The molecule has 0 aliphatic heterocycles. The van der Waals surface area contributed by atoms with Gasteiger partial charge in [-0.15, -0.1) is 0 Å². The lowest BCUT2D eigenvalue weighted by Crippen LogP contribution is -1.87. The summed E-state index contributed by atoms with van der Waals surface area (Å²) in [6.07, 6.45) is 0.947. The summed E-state index contributed by atoms with van der Waals surface area (Å²) in [6, 6.07) is 5.86. The number of benzene rings is 1. The molecule has 0 saturated carbocycles. The second-order valence-electron chi connectivity index (χ2n) is 2.71. The van der Waals surface area contributed by atoms with E-state index in [0.717, 1.165) is 17.4 Å². The lowest BCUT2D eigenvalue weighted by Gasteiger charge is -1.96. The predicted molar refractivity (Wildman–Crippen MR) is 47.8 cm³/mol. The number of nitrogens with zero attached hydrogens (tertiary/aromatic N) is 1. The molecule has 0 bridgehead atoms. The summed E-state index contributed by atoms with van der Waals surface area (Å²) < 4.78 is 5.02. The van der Waals surface area contributed by atoms with Gasteiger partial charge in [-0.05, 0) is 18.1 Å². The van der Waals surface area contributed by atoms with Crippen molar-refractivity contribution in [2.24, 2.45) is 0 Å². The highest BCUT2D eigenvalue weighted by Gasteiger charge is 2.07. The fourth-order valence-electron chi connectivity index (χ4n) is 1.38. The zero-order chi connectivity index (χ0) is 8.55. The molecule has 3 nitrogen and oxygen atoms in total. The summed E-state index contributed by atoms with van der Waals surface area (Å²) >= 11 is 0. The van der Waals surface area contributed by atoms with Crippen molar-refractivity contribution >= 4 is 16.8 Å². The molecule has 62 valence electrons. The molecule has 0 spiro atoms. The van der Waals surface area contributed by atoms with E-state index in [9.17, 15) is 0 Å². The molecule has 0 aliphatic carbocycles. The first kappa shape index (κ1) is 7.16. The molecule has 2 N–H and O–H groups in total. The van der Waals surface area contributed by atoms with E-state index >= 15 is 0 Å². The van der Waals surface area contributed by atoms with Crippen LogP contribution in [0.15, 0.2) is 22.7 Å². The number of rotatable bonds is 1. The van der Waals surface area contributed by atoms with Crippen LogP contribution in [0.4, 0.5) is 5.82 Å². The first-order valence-corrected chi connectivity index (χ1v) is 3.95. The van der Waals surface area contributed by atoms with E-state index in [4.69, 9.17) is 10.3 Å². The minimum absolute atomic E-state index is 0.488. The van der Waals surface area contributed by atoms with Crippen molar-refractivity contribution in [2.45, 2.75) is 13.3 Å². The molecule has 1 aromatic carbocycles. The number of nitrogen functional groups attached to an aromatic ring is 1. The number of anilines is 1. The van der Waals surface area contributed by atoms with Gasteiger partial charge in [-0.2, -0.15) is 0 Å². The SMILES string of the molecule is CCc1cccc2onc(N)c12. The summed E-state index contributed by atoms with van der Waals surface area (Å²) in [4.78, 5) is 0. The average Bonchev–Trinajstić information content (AvgIpc) is 2.48. The molecule has 3 heteroatoms. The quantitative estimate of drug-likeness (QED) is 0.697. The van der Waals surface area contributed by atoms with E-state index in [1.807, 2.05) is 18.2 Å². The van der Waals surface area contributed by atoms with E-state index < -0.39 is 0 Å². The fraction of sp³-hybridized carbons (Fsp3) is 0.222. The molecule has 2 aromatic rings. The molecule has 0 unspecified atom stereocenters. The van der Waals surface area contributed by atoms with Gasteiger partial charge in [-0.1, -0.05) is 24.2 Å². The van der Waals surface area contributed by atoms with Gasteiger partial charge in [-0.25, -0.2) is 0 Å². The Bertz CT molecular complexity index is 406. The Morgan fingerprint density at radius 3 is 3.08 bits per heavy atom. The van der Waals surface area contributed by atoms with Crippen LogP contribution in [0.5, 0.6) is 0 Å². The van der Waals surface area contributed by atoms with Gasteiger partial charge in [0.15, 0.2) is 11.4 Å². The highest BCUT2D eigenvalue weighted by atomic mass is 16.5. The highest BCUT2D eigenvalue weighted by Crippen LogP contribution is 2.24. The van der Waals surface area contributed by atoms with Crippen molar-refractivity contribution in [3.63, 3.8) is 0 Å². The molecule has 0 atom stereocenters. The van der Waals surface area contributed by atoms with Crippen LogP contribution in [0.2, 0.25) is 0 Å². The number of aromatic nitrogens is 1. The molecular formula is C9H10N2O. The zero-order valence-electron chi connectivity index (χ0n) is 6.87. The topological polar surface area (TPSA) is 52.0 Å². The lowest BCUT2D eigenvalue weighted by atomic mass is 10.1. The Balaban J connectivity index is 2.84. The van der Waals surface area contributed by atoms with Crippen LogP contribution < -0.4 is 5.73 Å². The first-order chi connectivity index (χ1) is 5.83. The van der Waals surface area contributed by atoms with Gasteiger partial charge < -0.3 is 10.3 Å². The maximum absolute atomic E-state index is 5.65. The van der Waals surface area contributed by atoms with Gasteiger partial charge in [-0.3, -0.25) is 0 Å². The Morgan fingerprint density at radius 1 is 1.50 bits per heavy atom. The summed E-state index contributed by atoms with van der Waals surface area (Å²) in [5.41, 5.74) is 7.60. The fourth-order valence-corrected chi connectivity index (χ4v) is 1.38. The molecule has 0 aliphatic rings. The smallest absolute Gasteiger partial charge is 0.175 e. The minimum Gasteiger partial charge on any atom is -0.380 e. The van der Waals surface area contributed by atoms with Crippen molar-refractivity contribution in [3.8, 4) is 0 Å². The van der Waals surface area contributed by atoms with E-state index in [1.165, 1.54) is 5.56 Å². The van der Waals surface area contributed by atoms with Crippen LogP contribution in [0.3, 0.4) is 0 Å². The van der Waals surface area contributed by atoms with Crippen molar-refractivity contribution in [1.82, 2.24) is 5.16 Å². The van der Waals surface area contributed by atoms with E-state index in [-0.39, 0.29) is 0 Å². The van der Waals surface area contributed by atoms with E-state index in [0.29, 0.717) is 5.82 Å². The van der Waals surface area contributed by atoms with Crippen molar-refractivity contribution in [3.05, 3.63) is 23.8 Å².